The van der Waals surface area contributed by atoms with Gasteiger partial charge >= 0.3 is 5.00 Å². The molecule has 0 aliphatic carbocycles. The fourth-order valence-electron chi connectivity index (χ4n) is 5.20. The minimum atomic E-state index is -0.398. The number of nitro groups is 1. The summed E-state index contributed by atoms with van der Waals surface area (Å²) < 4.78 is 24.0. The smallest absolute Gasteiger partial charge is 0.324 e. The zero-order valence-corrected chi connectivity index (χ0v) is 46.2. The Balaban J connectivity index is 0.000000207. The Kier molecular flexibility index (Phi) is 29.3. The van der Waals surface area contributed by atoms with Crippen molar-refractivity contribution in [1.29, 1.82) is 0 Å². The second kappa shape index (κ2) is 33.7. The summed E-state index contributed by atoms with van der Waals surface area (Å²) in [6.45, 7) is 10.9. The topological polar surface area (TPSA) is 158 Å². The number of hydrogen-bond donors (Lipinski definition) is 1. The van der Waals surface area contributed by atoms with E-state index in [1.165, 1.54) is 33.2 Å². The van der Waals surface area contributed by atoms with Crippen LogP contribution >= 0.6 is 117 Å². The molecule has 0 fully saturated rings. The molecule has 9 aromatic heterocycles. The molecule has 9 rings (SSSR count). The molecule has 0 aliphatic heterocycles. The van der Waals surface area contributed by atoms with E-state index in [-0.39, 0.29) is 17.6 Å². The van der Waals surface area contributed by atoms with Crippen LogP contribution < -0.4 is 5.73 Å². The van der Waals surface area contributed by atoms with Gasteiger partial charge in [-0.15, -0.1) is 45.3 Å². The first kappa shape index (κ1) is 56.6. The molecule has 348 valence electrons. The Morgan fingerprint density at radius 2 is 1.03 bits per heavy atom. The molecule has 21 heteroatoms. The molecule has 0 radical (unpaired) electrons. The normalized spacial score (nSPS) is 10.3. The molecule has 65 heavy (non-hydrogen) atoms. The minimum Gasteiger partial charge on any atom is -0.353 e. The van der Waals surface area contributed by atoms with Gasteiger partial charge in [0.15, 0.2) is 12.6 Å². The molecule has 9 heterocycles. The van der Waals surface area contributed by atoms with Crippen LogP contribution in [-0.2, 0) is 25.5 Å². The number of halogens is 4. The highest BCUT2D eigenvalue weighted by Gasteiger charge is 2.17. The van der Waals surface area contributed by atoms with E-state index in [1.54, 1.807) is 63.0 Å². The number of nitrogens with two attached hydrogens (primary N) is 1. The summed E-state index contributed by atoms with van der Waals surface area (Å²) >= 11 is 20.1. The minimum absolute atomic E-state index is 0.199. The number of aromatic nitrogens is 4. The first-order chi connectivity index (χ1) is 31.7. The Hall–Kier alpha value is -2.74. The lowest BCUT2D eigenvalue weighted by molar-refractivity contribution is -0.380. The Morgan fingerprint density at radius 1 is 0.585 bits per heavy atom. The molecular formula is C44H48Br4N6O6S5. The van der Waals surface area contributed by atoms with Gasteiger partial charge in [0, 0.05) is 140 Å². The van der Waals surface area contributed by atoms with Crippen molar-refractivity contribution in [3.8, 4) is 0 Å². The number of hydrogen-bond acceptors (Lipinski definition) is 16. The third kappa shape index (κ3) is 20.2. The van der Waals surface area contributed by atoms with E-state index < -0.39 is 4.92 Å². The molecule has 0 aromatic carbocycles. The summed E-state index contributed by atoms with van der Waals surface area (Å²) in [7, 11) is 0. The lowest BCUT2D eigenvalue weighted by Crippen LogP contribution is -2.28. The van der Waals surface area contributed by atoms with E-state index in [0.717, 1.165) is 39.6 Å². The van der Waals surface area contributed by atoms with Crippen molar-refractivity contribution < 1.29 is 23.9 Å². The fourth-order valence-corrected chi connectivity index (χ4v) is 10.4. The molecule has 0 atom stereocenters. The summed E-state index contributed by atoms with van der Waals surface area (Å²) in [5.41, 5.74) is 6.73. The third-order valence-corrected chi connectivity index (χ3v) is 14.3. The van der Waals surface area contributed by atoms with Crippen molar-refractivity contribution in [1.82, 2.24) is 19.9 Å². The molecule has 2 N–H and O–H groups in total. The standard InChI is InChI=1S/C11H24O4.C8H8N2S.2C7H4BrNS.C7H5NS.C4H3NO2S.Br2/c1-5-12-10(13-6-2)9-11(14-7-3)15-8-4;9-4-6-5-11-8-7(6)2-1-3-10-8;2*8-6-4-10-7-5(6)2-1-3-9-7;1-2-6-3-5-9-7(6)8-4-1;6-5(7)4-2-1-3-8-4;1-2/h10-11H,5-9H2,1-4H3;1-3,5H,4,9H2;2*1-4H;1-5H;1-3H;. The van der Waals surface area contributed by atoms with E-state index >= 15 is 0 Å². The molecule has 0 saturated carbocycles. The fraction of sp³-hybridized carbons (Fsp3) is 0.273. The maximum atomic E-state index is 9.88. The molecule has 0 saturated heterocycles. The SMILES string of the molecule is BrBr.Brc1csc2ncccc12.Brc1csc2ncccc12.CCOC(CC(OCC)OCC)OCC.NCc1csc2ncccc12.O=[N+]([O-])c1cccs1.c1cnc2sccc2c1. The molecular weight excluding hydrogens is 1190 g/mol. The summed E-state index contributed by atoms with van der Waals surface area (Å²) in [4.78, 5) is 30.6. The molecule has 0 unspecified atom stereocenters. The quantitative estimate of drug-likeness (QED) is 0.0705. The molecule has 0 spiro atoms. The van der Waals surface area contributed by atoms with Gasteiger partial charge in [-0.2, -0.15) is 0 Å². The summed E-state index contributed by atoms with van der Waals surface area (Å²) in [6.07, 6.45) is 7.39. The number of pyridine rings is 4. The predicted molar refractivity (Wildman–Crippen MR) is 289 cm³/mol. The monoisotopic (exact) mass is 1230 g/mol. The maximum absolute atomic E-state index is 9.88. The second-order valence-corrected chi connectivity index (χ2v) is 18.2. The molecule has 0 bridgehead atoms. The first-order valence-electron chi connectivity index (χ1n) is 19.8. The highest BCUT2D eigenvalue weighted by Crippen LogP contribution is 2.29. The zero-order chi connectivity index (χ0) is 47.2. The van der Waals surface area contributed by atoms with Crippen molar-refractivity contribution in [3.63, 3.8) is 0 Å². The van der Waals surface area contributed by atoms with Crippen LogP contribution in [0, 0.1) is 10.1 Å². The van der Waals surface area contributed by atoms with E-state index in [9.17, 15) is 10.1 Å². The first-order valence-corrected chi connectivity index (χ1v) is 29.5. The number of thiophene rings is 5. The lowest BCUT2D eigenvalue weighted by Gasteiger charge is -2.23. The molecule has 0 aliphatic rings. The van der Waals surface area contributed by atoms with Crippen LogP contribution in [0.2, 0.25) is 0 Å². The van der Waals surface area contributed by atoms with E-state index in [4.69, 9.17) is 24.7 Å². The van der Waals surface area contributed by atoms with Crippen LogP contribution in [0.1, 0.15) is 39.7 Å². The number of ether oxygens (including phenoxy) is 4. The molecule has 12 nitrogen and oxygen atoms in total. The van der Waals surface area contributed by atoms with Crippen molar-refractivity contribution in [2.24, 2.45) is 5.73 Å². The average Bonchev–Trinajstić information content (AvgIpc) is 4.21. The van der Waals surface area contributed by atoms with Crippen molar-refractivity contribution in [3.05, 3.63) is 143 Å². The van der Waals surface area contributed by atoms with Gasteiger partial charge in [0.05, 0.1) is 4.92 Å². The number of fused-ring (bicyclic) bond motifs is 4. The molecule has 9 aromatic rings. The van der Waals surface area contributed by atoms with Gasteiger partial charge in [0.2, 0.25) is 0 Å². The average molecular weight is 1240 g/mol. The van der Waals surface area contributed by atoms with Gasteiger partial charge in [0.25, 0.3) is 0 Å². The van der Waals surface area contributed by atoms with Crippen molar-refractivity contribution >= 4 is 163 Å². The van der Waals surface area contributed by atoms with Crippen molar-refractivity contribution in [2.45, 2.75) is 53.2 Å². The van der Waals surface area contributed by atoms with Gasteiger partial charge in [-0.3, -0.25) is 10.1 Å². The predicted octanol–water partition coefficient (Wildman–Crippen LogP) is 15.7. The largest absolute Gasteiger partial charge is 0.353 e. The Bertz CT molecular complexity index is 2500. The second-order valence-electron chi connectivity index (χ2n) is 12.1. The van der Waals surface area contributed by atoms with Gasteiger partial charge in [0.1, 0.15) is 19.3 Å². The number of rotatable bonds is 12. The highest BCUT2D eigenvalue weighted by atomic mass is 80.9. The van der Waals surface area contributed by atoms with Crippen molar-refractivity contribution in [2.75, 3.05) is 26.4 Å². The van der Waals surface area contributed by atoms with E-state index in [0.29, 0.717) is 39.4 Å². The van der Waals surface area contributed by atoms with Gasteiger partial charge in [-0.05, 0) is 130 Å². The Labute approximate surface area is 430 Å². The summed E-state index contributed by atoms with van der Waals surface area (Å²) in [5.74, 6) is 0. The number of nitrogens with zero attached hydrogens (tertiary/aromatic N) is 5. The Morgan fingerprint density at radius 3 is 1.43 bits per heavy atom. The van der Waals surface area contributed by atoms with E-state index in [2.05, 4.69) is 132 Å². The van der Waals surface area contributed by atoms with E-state index in [1.807, 2.05) is 70.6 Å². The summed E-state index contributed by atoms with van der Waals surface area (Å²) in [5, 5.41) is 24.8. The van der Waals surface area contributed by atoms with Crippen LogP contribution in [0.5, 0.6) is 0 Å². The highest BCUT2D eigenvalue weighted by molar-refractivity contribution is 9.93. The lowest BCUT2D eigenvalue weighted by atomic mass is 10.2. The van der Waals surface area contributed by atoms with Gasteiger partial charge in [-0.25, -0.2) is 19.9 Å². The van der Waals surface area contributed by atoms with Gasteiger partial charge in [-0.1, -0.05) is 23.5 Å². The van der Waals surface area contributed by atoms with Crippen LogP contribution in [0.3, 0.4) is 0 Å². The zero-order valence-electron chi connectivity index (χ0n) is 35.8. The van der Waals surface area contributed by atoms with Crippen LogP contribution in [0.15, 0.2) is 127 Å². The van der Waals surface area contributed by atoms with Crippen LogP contribution in [0.25, 0.3) is 40.9 Å². The summed E-state index contributed by atoms with van der Waals surface area (Å²) in [6, 6.07) is 21.2. The van der Waals surface area contributed by atoms with Crippen LogP contribution in [-0.4, -0.2) is 63.9 Å². The van der Waals surface area contributed by atoms with Gasteiger partial charge < -0.3 is 24.7 Å². The molecule has 0 amide bonds. The van der Waals surface area contributed by atoms with Crippen LogP contribution in [0.4, 0.5) is 5.00 Å². The third-order valence-electron chi connectivity index (χ3n) is 7.96. The maximum Gasteiger partial charge on any atom is 0.324 e.